The standard InChI is InChI=1S/C18H28N4O4/c1-5-25-17(23)15-11-19-7-8-20-12-16(18(24)26-6-2)14(4)22-10-9-21-13(15)3/h11-12,21-22H,5-10H2,1-4H3. The van der Waals surface area contributed by atoms with E-state index >= 15 is 0 Å². The zero-order chi connectivity index (χ0) is 19.4. The van der Waals surface area contributed by atoms with Gasteiger partial charge >= 0.3 is 11.9 Å². The van der Waals surface area contributed by atoms with Crippen LogP contribution in [0.15, 0.2) is 32.5 Å². The fourth-order valence-corrected chi connectivity index (χ4v) is 2.14. The maximum absolute atomic E-state index is 12.1. The smallest absolute Gasteiger partial charge is 0.341 e. The second-order valence-corrected chi connectivity index (χ2v) is 5.44. The number of carbonyl (C=O) groups excluding carboxylic acids is 2. The lowest BCUT2D eigenvalue weighted by Gasteiger charge is -2.14. The summed E-state index contributed by atoms with van der Waals surface area (Å²) in [5, 5.41) is 6.34. The van der Waals surface area contributed by atoms with Gasteiger partial charge in [-0.2, -0.15) is 0 Å². The number of aliphatic imine (C=N–C) groups is 2. The molecule has 0 unspecified atom stereocenters. The topological polar surface area (TPSA) is 101 Å². The second kappa shape index (κ2) is 11.8. The van der Waals surface area contributed by atoms with Gasteiger partial charge in [0, 0.05) is 36.9 Å². The quantitative estimate of drug-likeness (QED) is 0.722. The van der Waals surface area contributed by atoms with E-state index in [-0.39, 0.29) is 0 Å². The summed E-state index contributed by atoms with van der Waals surface area (Å²) in [5.41, 5.74) is 2.16. The fourth-order valence-electron chi connectivity index (χ4n) is 2.14. The summed E-state index contributed by atoms with van der Waals surface area (Å²) in [6.07, 6.45) is 3.00. The lowest BCUT2D eigenvalue weighted by atomic mass is 10.2. The van der Waals surface area contributed by atoms with Gasteiger partial charge < -0.3 is 20.1 Å². The highest BCUT2D eigenvalue weighted by atomic mass is 16.5. The van der Waals surface area contributed by atoms with Gasteiger partial charge in [-0.25, -0.2) is 9.59 Å². The molecule has 0 aromatic carbocycles. The highest BCUT2D eigenvalue weighted by Crippen LogP contribution is 2.04. The molecule has 0 bridgehead atoms. The molecule has 0 aliphatic carbocycles. The van der Waals surface area contributed by atoms with Crippen molar-refractivity contribution >= 4 is 24.4 Å². The maximum Gasteiger partial charge on any atom is 0.341 e. The average Bonchev–Trinajstić information content (AvgIpc) is 2.60. The van der Waals surface area contributed by atoms with Crippen LogP contribution in [0.2, 0.25) is 0 Å². The molecule has 0 saturated heterocycles. The molecule has 0 radical (unpaired) electrons. The van der Waals surface area contributed by atoms with E-state index in [1.54, 1.807) is 27.7 Å². The Morgan fingerprint density at radius 3 is 1.62 bits per heavy atom. The molecule has 0 aromatic rings. The second-order valence-electron chi connectivity index (χ2n) is 5.44. The molecule has 2 N–H and O–H groups in total. The summed E-state index contributed by atoms with van der Waals surface area (Å²) in [4.78, 5) is 32.6. The molecule has 26 heavy (non-hydrogen) atoms. The summed E-state index contributed by atoms with van der Waals surface area (Å²) in [6, 6.07) is 0. The first-order chi connectivity index (χ1) is 12.5. The van der Waals surface area contributed by atoms with Crippen molar-refractivity contribution < 1.29 is 19.1 Å². The maximum atomic E-state index is 12.1. The van der Waals surface area contributed by atoms with Crippen LogP contribution in [0, 0.1) is 0 Å². The Morgan fingerprint density at radius 2 is 1.27 bits per heavy atom. The molecule has 0 spiro atoms. The molecule has 8 nitrogen and oxygen atoms in total. The van der Waals surface area contributed by atoms with E-state index in [4.69, 9.17) is 9.47 Å². The van der Waals surface area contributed by atoms with Crippen LogP contribution in [-0.2, 0) is 19.1 Å². The van der Waals surface area contributed by atoms with Crippen molar-refractivity contribution in [3.8, 4) is 0 Å². The molecule has 0 aromatic heterocycles. The summed E-state index contributed by atoms with van der Waals surface area (Å²) in [5.74, 6) is -0.823. The fraction of sp³-hybridized carbons (Fsp3) is 0.556. The van der Waals surface area contributed by atoms with Gasteiger partial charge in [-0.3, -0.25) is 9.98 Å². The number of nitrogens with one attached hydrogen (secondary N) is 2. The lowest BCUT2D eigenvalue weighted by Crippen LogP contribution is -2.29. The van der Waals surface area contributed by atoms with E-state index in [0.717, 1.165) is 0 Å². The van der Waals surface area contributed by atoms with Gasteiger partial charge in [0.05, 0.1) is 37.4 Å². The monoisotopic (exact) mass is 364 g/mol. The molecular weight excluding hydrogens is 336 g/mol. The number of rotatable bonds is 4. The van der Waals surface area contributed by atoms with Crippen molar-refractivity contribution in [3.05, 3.63) is 22.5 Å². The third-order valence-electron chi connectivity index (χ3n) is 3.50. The predicted octanol–water partition coefficient (Wildman–Crippen LogP) is 0.995. The highest BCUT2D eigenvalue weighted by Gasteiger charge is 2.14. The van der Waals surface area contributed by atoms with Crippen LogP contribution in [0.25, 0.3) is 0 Å². The average molecular weight is 364 g/mol. The number of hydrogen-bond acceptors (Lipinski definition) is 8. The van der Waals surface area contributed by atoms with Gasteiger partial charge in [-0.05, 0) is 27.7 Å². The van der Waals surface area contributed by atoms with E-state index in [2.05, 4.69) is 20.6 Å². The molecule has 1 rings (SSSR count). The summed E-state index contributed by atoms with van der Waals surface area (Å²) in [6.45, 7) is 9.59. The van der Waals surface area contributed by atoms with Crippen LogP contribution >= 0.6 is 0 Å². The molecular formula is C18H28N4O4. The van der Waals surface area contributed by atoms with E-state index in [9.17, 15) is 9.59 Å². The molecule has 144 valence electrons. The molecule has 0 saturated carbocycles. The zero-order valence-corrected chi connectivity index (χ0v) is 15.9. The third-order valence-corrected chi connectivity index (χ3v) is 3.50. The summed E-state index contributed by atoms with van der Waals surface area (Å²) < 4.78 is 10.1. The Labute approximate surface area is 154 Å². The Bertz CT molecular complexity index is 567. The number of hydrogen-bond donors (Lipinski definition) is 2. The Balaban J connectivity index is 2.97. The van der Waals surface area contributed by atoms with Gasteiger partial charge in [0.1, 0.15) is 0 Å². The molecule has 1 heterocycles. The van der Waals surface area contributed by atoms with Crippen molar-refractivity contribution in [3.63, 3.8) is 0 Å². The van der Waals surface area contributed by atoms with Crippen LogP contribution in [0.5, 0.6) is 0 Å². The molecule has 8 heteroatoms. The van der Waals surface area contributed by atoms with Gasteiger partial charge in [0.25, 0.3) is 0 Å². The first-order valence-corrected chi connectivity index (χ1v) is 8.74. The van der Waals surface area contributed by atoms with Gasteiger partial charge in [-0.15, -0.1) is 0 Å². The van der Waals surface area contributed by atoms with E-state index in [0.29, 0.717) is 61.9 Å². The molecule has 0 fully saturated rings. The summed E-state index contributed by atoms with van der Waals surface area (Å²) >= 11 is 0. The number of ether oxygens (including phenoxy) is 2. The van der Waals surface area contributed by atoms with E-state index in [1.165, 1.54) is 12.4 Å². The normalized spacial score (nSPS) is 16.5. The molecule has 1 aliphatic rings. The largest absolute Gasteiger partial charge is 0.462 e. The SMILES string of the molecule is CCOC(=O)C1=C(C)NCCNC(C)=C(C(=O)OCC)C=NCCN=C1. The lowest BCUT2D eigenvalue weighted by molar-refractivity contribution is -0.138. The minimum absolute atomic E-state index is 0.302. The molecule has 0 amide bonds. The van der Waals surface area contributed by atoms with Crippen molar-refractivity contribution in [2.45, 2.75) is 27.7 Å². The van der Waals surface area contributed by atoms with E-state index in [1.807, 2.05) is 0 Å². The van der Waals surface area contributed by atoms with Crippen molar-refractivity contribution in [1.29, 1.82) is 0 Å². The minimum Gasteiger partial charge on any atom is -0.462 e. The van der Waals surface area contributed by atoms with Gasteiger partial charge in [-0.1, -0.05) is 0 Å². The highest BCUT2D eigenvalue weighted by molar-refractivity contribution is 6.10. The molecule has 0 atom stereocenters. The Kier molecular flexibility index (Phi) is 9.74. The number of esters is 2. The Morgan fingerprint density at radius 1 is 0.885 bits per heavy atom. The van der Waals surface area contributed by atoms with Crippen LogP contribution in [-0.4, -0.2) is 63.8 Å². The third kappa shape index (κ3) is 7.08. The van der Waals surface area contributed by atoms with Crippen LogP contribution in [0.1, 0.15) is 27.7 Å². The van der Waals surface area contributed by atoms with Crippen molar-refractivity contribution in [1.82, 2.24) is 10.6 Å². The summed E-state index contributed by atoms with van der Waals surface area (Å²) in [7, 11) is 0. The molecule has 1 aliphatic heterocycles. The van der Waals surface area contributed by atoms with Crippen molar-refractivity contribution in [2.75, 3.05) is 39.4 Å². The van der Waals surface area contributed by atoms with Crippen LogP contribution in [0.4, 0.5) is 0 Å². The van der Waals surface area contributed by atoms with Gasteiger partial charge in [0.15, 0.2) is 0 Å². The minimum atomic E-state index is -0.412. The number of nitrogens with zero attached hydrogens (tertiary/aromatic N) is 2. The van der Waals surface area contributed by atoms with Crippen LogP contribution in [0.3, 0.4) is 0 Å². The first-order valence-electron chi connectivity index (χ1n) is 8.74. The Hall–Kier alpha value is -2.64. The van der Waals surface area contributed by atoms with Crippen molar-refractivity contribution in [2.24, 2.45) is 9.98 Å². The van der Waals surface area contributed by atoms with Crippen LogP contribution < -0.4 is 10.6 Å². The predicted molar refractivity (Wildman–Crippen MR) is 101 cm³/mol. The number of carbonyl (C=O) groups is 2. The first kappa shape index (κ1) is 21.4. The number of allylic oxidation sites excluding steroid dienone is 2. The van der Waals surface area contributed by atoms with Gasteiger partial charge in [0.2, 0.25) is 0 Å². The van der Waals surface area contributed by atoms with E-state index < -0.39 is 11.9 Å². The zero-order valence-electron chi connectivity index (χ0n) is 15.9.